The van der Waals surface area contributed by atoms with Gasteiger partial charge in [-0.2, -0.15) is 0 Å². The van der Waals surface area contributed by atoms with Crippen molar-refractivity contribution in [2.24, 2.45) is 5.92 Å². The van der Waals surface area contributed by atoms with E-state index in [2.05, 4.69) is 170 Å². The highest BCUT2D eigenvalue weighted by Crippen LogP contribution is 2.70. The molecule has 6 aromatic carbocycles. The Morgan fingerprint density at radius 1 is 0.396 bits per heavy atom. The molecule has 0 bridgehead atoms. The van der Waals surface area contributed by atoms with E-state index < -0.39 is 0 Å². The molecule has 6 aromatic rings. The van der Waals surface area contributed by atoms with Gasteiger partial charge in [0.2, 0.25) is 0 Å². The Bertz CT molecular complexity index is 2490. The van der Waals surface area contributed by atoms with Gasteiger partial charge in [-0.25, -0.2) is 0 Å². The van der Waals surface area contributed by atoms with Crippen LogP contribution in [-0.4, -0.2) is 0 Å². The van der Waals surface area contributed by atoms with Gasteiger partial charge in [0.05, 0.1) is 10.8 Å². The molecule has 2 spiro atoms. The number of rotatable bonds is 0. The van der Waals surface area contributed by atoms with Crippen molar-refractivity contribution >= 4 is 5.57 Å². The van der Waals surface area contributed by atoms with E-state index in [-0.39, 0.29) is 22.7 Å². The fraction of sp³-hybridized carbons (Fsp3) is 0.0833. The van der Waals surface area contributed by atoms with Gasteiger partial charge >= 0.3 is 0 Å². The lowest BCUT2D eigenvalue weighted by Gasteiger charge is -2.54. The molecule has 0 radical (unpaired) electrons. The SMILES string of the molecule is C1=CC2c3ccccc3C3(C4=CC=C5C(=C1C1(c6ccccc65)c5ccccc5-c5ccccc51)C42)c1ccccc1-c1ccccc13. The van der Waals surface area contributed by atoms with Crippen molar-refractivity contribution < 1.29 is 0 Å². The second-order valence-corrected chi connectivity index (χ2v) is 14.2. The van der Waals surface area contributed by atoms with Crippen LogP contribution in [0.5, 0.6) is 0 Å². The molecule has 0 heterocycles. The van der Waals surface area contributed by atoms with E-state index in [0.29, 0.717) is 0 Å². The molecule has 0 heteroatoms. The predicted molar refractivity (Wildman–Crippen MR) is 195 cm³/mol. The molecule has 6 aliphatic rings. The van der Waals surface area contributed by atoms with Crippen molar-refractivity contribution in [3.63, 3.8) is 0 Å². The van der Waals surface area contributed by atoms with Crippen molar-refractivity contribution in [1.82, 2.24) is 0 Å². The minimum atomic E-state index is -0.379. The zero-order chi connectivity index (χ0) is 31.2. The molecule has 0 aliphatic heterocycles. The third kappa shape index (κ3) is 2.61. The molecule has 222 valence electrons. The molecule has 2 atom stereocenters. The first kappa shape index (κ1) is 25.4. The van der Waals surface area contributed by atoms with Gasteiger partial charge in [0, 0.05) is 11.8 Å². The molecule has 0 N–H and O–H groups in total. The largest absolute Gasteiger partial charge is 0.0757 e. The van der Waals surface area contributed by atoms with Crippen LogP contribution in [0.2, 0.25) is 0 Å². The molecule has 0 nitrogen and oxygen atoms in total. The lowest BCUT2D eigenvalue weighted by Crippen LogP contribution is -2.45. The number of fused-ring (bicyclic) bond motifs is 18. The van der Waals surface area contributed by atoms with Gasteiger partial charge in [0.1, 0.15) is 0 Å². The topological polar surface area (TPSA) is 0 Å². The summed E-state index contributed by atoms with van der Waals surface area (Å²) in [4.78, 5) is 0. The summed E-state index contributed by atoms with van der Waals surface area (Å²) >= 11 is 0. The van der Waals surface area contributed by atoms with Crippen molar-refractivity contribution in [2.75, 3.05) is 0 Å². The van der Waals surface area contributed by atoms with Gasteiger partial charge < -0.3 is 0 Å². The molecular formula is C48H30. The summed E-state index contributed by atoms with van der Waals surface area (Å²) in [6.45, 7) is 0. The van der Waals surface area contributed by atoms with Crippen LogP contribution in [0.15, 0.2) is 187 Å². The minimum absolute atomic E-state index is 0.212. The summed E-state index contributed by atoms with van der Waals surface area (Å²) in [7, 11) is 0. The summed E-state index contributed by atoms with van der Waals surface area (Å²) in [5, 5.41) is 0. The highest BCUT2D eigenvalue weighted by atomic mass is 14.6. The number of hydrogen-bond acceptors (Lipinski definition) is 0. The van der Waals surface area contributed by atoms with Gasteiger partial charge in [0.25, 0.3) is 0 Å². The first-order chi connectivity index (χ1) is 23.8. The molecule has 0 fully saturated rings. The van der Waals surface area contributed by atoms with E-state index in [1.807, 2.05) is 0 Å². The maximum Gasteiger partial charge on any atom is 0.0722 e. The zero-order valence-corrected chi connectivity index (χ0v) is 26.3. The van der Waals surface area contributed by atoms with Gasteiger partial charge in [-0.3, -0.25) is 0 Å². The smallest absolute Gasteiger partial charge is 0.0722 e. The third-order valence-corrected chi connectivity index (χ3v) is 12.6. The molecule has 0 aromatic heterocycles. The lowest BCUT2D eigenvalue weighted by molar-refractivity contribution is 0.500. The van der Waals surface area contributed by atoms with Crippen LogP contribution in [0.3, 0.4) is 0 Å². The van der Waals surface area contributed by atoms with Crippen LogP contribution >= 0.6 is 0 Å². The van der Waals surface area contributed by atoms with E-state index in [4.69, 9.17) is 0 Å². The van der Waals surface area contributed by atoms with Crippen molar-refractivity contribution in [3.05, 3.63) is 231 Å². The monoisotopic (exact) mass is 606 g/mol. The van der Waals surface area contributed by atoms with Gasteiger partial charge in [0.15, 0.2) is 0 Å². The van der Waals surface area contributed by atoms with Crippen molar-refractivity contribution in [2.45, 2.75) is 16.7 Å². The van der Waals surface area contributed by atoms with Crippen LogP contribution in [-0.2, 0) is 10.8 Å². The summed E-state index contributed by atoms with van der Waals surface area (Å²) in [6.07, 6.45) is 10.1. The average Bonchev–Trinajstić information content (AvgIpc) is 3.62. The Labute approximate surface area is 280 Å². The standard InChI is InChI=1S/C48H30/c1-7-19-37-29(13-1)30-14-2-8-20-38(30)47(37)41-23-11-5-17-33(41)35-26-28-44-46-36(25-27-43(47)45(35)46)34-18-6-12-24-42(34)48(44)39-21-9-3-15-31(39)32-16-4-10-22-40(32)48/h1-28,35,45H. The van der Waals surface area contributed by atoms with E-state index in [0.717, 1.165) is 0 Å². The molecule has 2 unspecified atom stereocenters. The van der Waals surface area contributed by atoms with E-state index in [1.165, 1.54) is 89.1 Å². The fourth-order valence-corrected chi connectivity index (χ4v) is 11.1. The van der Waals surface area contributed by atoms with Gasteiger partial charge in [-0.05, 0) is 89.1 Å². The van der Waals surface area contributed by atoms with E-state index >= 15 is 0 Å². The molecule has 6 aliphatic carbocycles. The Hall–Kier alpha value is -5.72. The van der Waals surface area contributed by atoms with Gasteiger partial charge in [-0.15, -0.1) is 0 Å². The number of hydrogen-bond donors (Lipinski definition) is 0. The van der Waals surface area contributed by atoms with Gasteiger partial charge in [-0.1, -0.05) is 170 Å². The molecule has 0 amide bonds. The molecule has 0 saturated heterocycles. The van der Waals surface area contributed by atoms with Crippen molar-refractivity contribution in [1.29, 1.82) is 0 Å². The molecule has 12 rings (SSSR count). The van der Waals surface area contributed by atoms with E-state index in [1.54, 1.807) is 0 Å². The lowest BCUT2D eigenvalue weighted by atomic mass is 9.48. The predicted octanol–water partition coefficient (Wildman–Crippen LogP) is 10.9. The van der Waals surface area contributed by atoms with Crippen LogP contribution < -0.4 is 0 Å². The summed E-state index contributed by atoms with van der Waals surface area (Å²) < 4.78 is 0. The maximum absolute atomic E-state index is 2.57. The van der Waals surface area contributed by atoms with Crippen LogP contribution in [0.4, 0.5) is 0 Å². The summed E-state index contributed by atoms with van der Waals surface area (Å²) in [5.41, 5.74) is 21.9. The minimum Gasteiger partial charge on any atom is -0.0757 e. The first-order valence-electron chi connectivity index (χ1n) is 17.3. The third-order valence-electron chi connectivity index (χ3n) is 12.6. The van der Waals surface area contributed by atoms with Crippen LogP contribution in [0.25, 0.3) is 27.8 Å². The van der Waals surface area contributed by atoms with Crippen LogP contribution in [0, 0.1) is 5.92 Å². The first-order valence-corrected chi connectivity index (χ1v) is 17.3. The molecule has 0 saturated carbocycles. The molecular weight excluding hydrogens is 577 g/mol. The Morgan fingerprint density at radius 3 is 1.40 bits per heavy atom. The molecule has 48 heavy (non-hydrogen) atoms. The van der Waals surface area contributed by atoms with Crippen LogP contribution in [0.1, 0.15) is 50.4 Å². The second kappa shape index (κ2) is 8.59. The Kier molecular flexibility index (Phi) is 4.54. The maximum atomic E-state index is 2.57. The zero-order valence-electron chi connectivity index (χ0n) is 26.3. The summed E-state index contributed by atoms with van der Waals surface area (Å²) in [5.74, 6) is 0.471. The normalized spacial score (nSPS) is 21.3. The Balaban J connectivity index is 1.26. The number of benzene rings is 6. The summed E-state index contributed by atoms with van der Waals surface area (Å²) in [6, 6.07) is 55.4. The average molecular weight is 607 g/mol. The number of allylic oxidation sites excluding steroid dienone is 8. The highest BCUT2D eigenvalue weighted by Gasteiger charge is 2.60. The second-order valence-electron chi connectivity index (χ2n) is 14.2. The highest BCUT2D eigenvalue weighted by molar-refractivity contribution is 5.99. The Morgan fingerprint density at radius 2 is 0.833 bits per heavy atom. The van der Waals surface area contributed by atoms with E-state index in [9.17, 15) is 0 Å². The fourth-order valence-electron chi connectivity index (χ4n) is 11.1. The van der Waals surface area contributed by atoms with Crippen molar-refractivity contribution in [3.8, 4) is 22.3 Å². The quantitative estimate of drug-likeness (QED) is 0.161.